The third-order valence-corrected chi connectivity index (χ3v) is 3.62. The second-order valence-electron chi connectivity index (χ2n) is 4.84. The predicted octanol–water partition coefficient (Wildman–Crippen LogP) is 3.96. The molecule has 106 valence electrons. The van der Waals surface area contributed by atoms with E-state index in [0.29, 0.717) is 16.3 Å². The zero-order valence-corrected chi connectivity index (χ0v) is 12.7. The average molecular weight is 283 g/mol. The predicted molar refractivity (Wildman–Crippen MR) is 81.6 cm³/mol. The molecule has 2 N–H and O–H groups in total. The highest BCUT2D eigenvalue weighted by molar-refractivity contribution is 6.31. The first-order valence-electron chi connectivity index (χ1n) is 6.87. The minimum Gasteiger partial charge on any atom is -0.398 e. The maximum Gasteiger partial charge on any atom is 0.256 e. The van der Waals surface area contributed by atoms with Crippen LogP contribution in [-0.4, -0.2) is 23.4 Å². The number of unbranched alkanes of at least 4 members (excludes halogenated alkanes) is 1. The average Bonchev–Trinajstić information content (AvgIpc) is 2.38. The molecule has 1 aromatic carbocycles. The number of hydrogen-bond donors (Lipinski definition) is 1. The van der Waals surface area contributed by atoms with Gasteiger partial charge in [-0.25, -0.2) is 0 Å². The van der Waals surface area contributed by atoms with Gasteiger partial charge in [0.25, 0.3) is 5.91 Å². The molecule has 1 rings (SSSR count). The molecule has 19 heavy (non-hydrogen) atoms. The molecule has 0 saturated carbocycles. The number of rotatable bonds is 6. The quantitative estimate of drug-likeness (QED) is 0.803. The minimum absolute atomic E-state index is 0.00281. The fourth-order valence-corrected chi connectivity index (χ4v) is 2.13. The molecule has 0 aliphatic carbocycles. The Morgan fingerprint density at radius 1 is 1.42 bits per heavy atom. The fraction of sp³-hybridized carbons (Fsp3) is 0.533. The SMILES string of the molecule is CCCCN(C(=O)c1ccc(Cl)cc1N)C(C)CC. The number of carbonyl (C=O) groups is 1. The molecule has 0 aliphatic rings. The first-order chi connectivity index (χ1) is 9.01. The van der Waals surface area contributed by atoms with E-state index in [2.05, 4.69) is 20.8 Å². The van der Waals surface area contributed by atoms with Gasteiger partial charge in [-0.15, -0.1) is 0 Å². The molecule has 3 nitrogen and oxygen atoms in total. The molecule has 1 unspecified atom stereocenters. The summed E-state index contributed by atoms with van der Waals surface area (Å²) in [4.78, 5) is 14.5. The first-order valence-corrected chi connectivity index (χ1v) is 7.25. The molecule has 0 aromatic heterocycles. The van der Waals surface area contributed by atoms with Crippen molar-refractivity contribution in [3.05, 3.63) is 28.8 Å². The largest absolute Gasteiger partial charge is 0.398 e. The molecule has 0 radical (unpaired) electrons. The van der Waals surface area contributed by atoms with Crippen molar-refractivity contribution >= 4 is 23.2 Å². The molecule has 1 atom stereocenters. The number of anilines is 1. The van der Waals surface area contributed by atoms with Crippen LogP contribution in [0.4, 0.5) is 5.69 Å². The summed E-state index contributed by atoms with van der Waals surface area (Å²) in [6.07, 6.45) is 3.00. The number of amides is 1. The summed E-state index contributed by atoms with van der Waals surface area (Å²) in [6, 6.07) is 5.26. The molecule has 0 heterocycles. The molecule has 0 fully saturated rings. The van der Waals surface area contributed by atoms with Crippen LogP contribution in [0.1, 0.15) is 50.4 Å². The highest BCUT2D eigenvalue weighted by atomic mass is 35.5. The van der Waals surface area contributed by atoms with Crippen molar-refractivity contribution in [2.75, 3.05) is 12.3 Å². The minimum atomic E-state index is -0.00281. The Labute approximate surface area is 120 Å². The van der Waals surface area contributed by atoms with E-state index in [4.69, 9.17) is 17.3 Å². The third-order valence-electron chi connectivity index (χ3n) is 3.38. The van der Waals surface area contributed by atoms with Crippen molar-refractivity contribution in [2.45, 2.75) is 46.1 Å². The van der Waals surface area contributed by atoms with E-state index < -0.39 is 0 Å². The van der Waals surface area contributed by atoms with Gasteiger partial charge in [0.05, 0.1) is 5.56 Å². The van der Waals surface area contributed by atoms with Crippen LogP contribution in [0, 0.1) is 0 Å². The van der Waals surface area contributed by atoms with Crippen LogP contribution in [0.3, 0.4) is 0 Å². The fourth-order valence-electron chi connectivity index (χ4n) is 1.95. The van der Waals surface area contributed by atoms with Gasteiger partial charge >= 0.3 is 0 Å². The molecule has 4 heteroatoms. The lowest BCUT2D eigenvalue weighted by Gasteiger charge is -2.29. The number of nitrogens with two attached hydrogens (primary N) is 1. The van der Waals surface area contributed by atoms with E-state index in [1.54, 1.807) is 18.2 Å². The van der Waals surface area contributed by atoms with E-state index in [9.17, 15) is 4.79 Å². The molecule has 1 amide bonds. The Bertz CT molecular complexity index is 434. The van der Waals surface area contributed by atoms with Gasteiger partial charge in [0, 0.05) is 23.3 Å². The molecule has 1 aromatic rings. The number of carbonyl (C=O) groups excluding carboxylic acids is 1. The summed E-state index contributed by atoms with van der Waals surface area (Å²) < 4.78 is 0. The van der Waals surface area contributed by atoms with Crippen LogP contribution >= 0.6 is 11.6 Å². The first kappa shape index (κ1) is 15.8. The van der Waals surface area contributed by atoms with Gasteiger partial charge in [-0.3, -0.25) is 4.79 Å². The molecule has 0 aliphatic heterocycles. The number of nitrogen functional groups attached to an aromatic ring is 1. The Hall–Kier alpha value is -1.22. The third kappa shape index (κ3) is 4.13. The van der Waals surface area contributed by atoms with E-state index in [1.807, 2.05) is 4.90 Å². The van der Waals surface area contributed by atoms with Crippen LogP contribution in [0.5, 0.6) is 0 Å². The number of hydrogen-bond acceptors (Lipinski definition) is 2. The van der Waals surface area contributed by atoms with Crippen molar-refractivity contribution in [1.29, 1.82) is 0 Å². The van der Waals surface area contributed by atoms with Crippen LogP contribution < -0.4 is 5.73 Å². The summed E-state index contributed by atoms with van der Waals surface area (Å²) in [7, 11) is 0. The normalized spacial score (nSPS) is 12.2. The van der Waals surface area contributed by atoms with Crippen LogP contribution in [0.15, 0.2) is 18.2 Å². The Balaban J connectivity index is 2.97. The summed E-state index contributed by atoms with van der Waals surface area (Å²) >= 11 is 5.87. The summed E-state index contributed by atoms with van der Waals surface area (Å²) in [5, 5.41) is 0.553. The Morgan fingerprint density at radius 3 is 2.63 bits per heavy atom. The van der Waals surface area contributed by atoms with Crippen molar-refractivity contribution in [3.63, 3.8) is 0 Å². The van der Waals surface area contributed by atoms with Crippen molar-refractivity contribution in [1.82, 2.24) is 4.90 Å². The number of halogens is 1. The molecule has 0 saturated heterocycles. The second kappa shape index (κ2) is 7.39. The van der Waals surface area contributed by atoms with E-state index in [-0.39, 0.29) is 11.9 Å². The van der Waals surface area contributed by atoms with Gasteiger partial charge in [-0.05, 0) is 38.0 Å². The highest BCUT2D eigenvalue weighted by Crippen LogP contribution is 2.21. The number of nitrogens with zero attached hydrogens (tertiary/aromatic N) is 1. The zero-order chi connectivity index (χ0) is 14.4. The Morgan fingerprint density at radius 2 is 2.11 bits per heavy atom. The summed E-state index contributed by atoms with van der Waals surface area (Å²) in [5.41, 5.74) is 6.89. The van der Waals surface area contributed by atoms with Crippen molar-refractivity contribution < 1.29 is 4.79 Å². The van der Waals surface area contributed by atoms with Gasteiger partial charge in [-0.2, -0.15) is 0 Å². The summed E-state index contributed by atoms with van der Waals surface area (Å²) in [6.45, 7) is 7.05. The van der Waals surface area contributed by atoms with E-state index >= 15 is 0 Å². The second-order valence-corrected chi connectivity index (χ2v) is 5.28. The van der Waals surface area contributed by atoms with Crippen molar-refractivity contribution in [3.8, 4) is 0 Å². The van der Waals surface area contributed by atoms with Gasteiger partial charge in [-0.1, -0.05) is 31.9 Å². The monoisotopic (exact) mass is 282 g/mol. The maximum absolute atomic E-state index is 12.6. The summed E-state index contributed by atoms with van der Waals surface area (Å²) in [5.74, 6) is -0.00281. The highest BCUT2D eigenvalue weighted by Gasteiger charge is 2.21. The Kier molecular flexibility index (Phi) is 6.16. The van der Waals surface area contributed by atoms with Crippen LogP contribution in [0.2, 0.25) is 5.02 Å². The molecular formula is C15H23ClN2O. The van der Waals surface area contributed by atoms with Gasteiger partial charge in [0.1, 0.15) is 0 Å². The molecular weight excluding hydrogens is 260 g/mol. The van der Waals surface area contributed by atoms with Crippen LogP contribution in [-0.2, 0) is 0 Å². The lowest BCUT2D eigenvalue weighted by molar-refractivity contribution is 0.0686. The van der Waals surface area contributed by atoms with E-state index in [1.165, 1.54) is 0 Å². The topological polar surface area (TPSA) is 46.3 Å². The van der Waals surface area contributed by atoms with Crippen LogP contribution in [0.25, 0.3) is 0 Å². The maximum atomic E-state index is 12.6. The van der Waals surface area contributed by atoms with Crippen molar-refractivity contribution in [2.24, 2.45) is 0 Å². The smallest absolute Gasteiger partial charge is 0.256 e. The lowest BCUT2D eigenvalue weighted by Crippen LogP contribution is -2.39. The standard InChI is InChI=1S/C15H23ClN2O/c1-4-6-9-18(11(3)5-2)15(19)13-8-7-12(16)10-14(13)17/h7-8,10-11H,4-6,9,17H2,1-3H3. The molecule has 0 spiro atoms. The van der Waals surface area contributed by atoms with Gasteiger partial charge < -0.3 is 10.6 Å². The molecule has 0 bridgehead atoms. The van der Waals surface area contributed by atoms with Gasteiger partial charge in [0.2, 0.25) is 0 Å². The van der Waals surface area contributed by atoms with Gasteiger partial charge in [0.15, 0.2) is 0 Å². The number of benzene rings is 1. The van der Waals surface area contributed by atoms with E-state index in [0.717, 1.165) is 25.8 Å². The zero-order valence-electron chi connectivity index (χ0n) is 11.9. The lowest BCUT2D eigenvalue weighted by atomic mass is 10.1.